The molecule has 1 heterocycles. The van der Waals surface area contributed by atoms with E-state index in [2.05, 4.69) is 62.4 Å². The van der Waals surface area contributed by atoms with E-state index in [0.717, 1.165) is 6.42 Å². The van der Waals surface area contributed by atoms with Crippen molar-refractivity contribution >= 4 is 10.8 Å². The van der Waals surface area contributed by atoms with Crippen molar-refractivity contribution in [3.8, 4) is 0 Å². The molecule has 21 heavy (non-hydrogen) atoms. The Labute approximate surface area is 127 Å². The standard InChI is InChI=1S/C18H27N3/c1-13(11-18(2,3)4)10-17(21-19)16-7-5-6-14-12-20-9-8-15(14)16/h5-9,12-13,17,21H,10-11,19H2,1-4H3. The minimum absolute atomic E-state index is 0.174. The molecule has 0 saturated heterocycles. The molecule has 0 aliphatic rings. The Morgan fingerprint density at radius 3 is 2.67 bits per heavy atom. The summed E-state index contributed by atoms with van der Waals surface area (Å²) in [6.45, 7) is 9.18. The zero-order valence-electron chi connectivity index (χ0n) is 13.6. The van der Waals surface area contributed by atoms with Crippen LogP contribution in [0.4, 0.5) is 0 Å². The van der Waals surface area contributed by atoms with Gasteiger partial charge in [0, 0.05) is 23.8 Å². The van der Waals surface area contributed by atoms with Gasteiger partial charge in [-0.1, -0.05) is 45.9 Å². The van der Waals surface area contributed by atoms with Gasteiger partial charge in [0.1, 0.15) is 0 Å². The average molecular weight is 285 g/mol. The second-order valence-corrected chi connectivity index (χ2v) is 7.27. The highest BCUT2D eigenvalue weighted by atomic mass is 15.2. The summed E-state index contributed by atoms with van der Waals surface area (Å²) in [5.41, 5.74) is 4.62. The number of hydrogen-bond donors (Lipinski definition) is 2. The third-order valence-corrected chi connectivity index (χ3v) is 3.89. The van der Waals surface area contributed by atoms with Crippen molar-refractivity contribution in [1.29, 1.82) is 0 Å². The van der Waals surface area contributed by atoms with Crippen LogP contribution in [-0.2, 0) is 0 Å². The molecule has 2 rings (SSSR count). The first-order valence-electron chi connectivity index (χ1n) is 7.69. The Hall–Kier alpha value is -1.45. The lowest BCUT2D eigenvalue weighted by Crippen LogP contribution is -2.30. The lowest BCUT2D eigenvalue weighted by molar-refractivity contribution is 0.276. The summed E-state index contributed by atoms with van der Waals surface area (Å²) in [5.74, 6) is 6.46. The van der Waals surface area contributed by atoms with Gasteiger partial charge in [-0.05, 0) is 41.2 Å². The van der Waals surface area contributed by atoms with Crippen LogP contribution in [0.1, 0.15) is 52.1 Å². The fourth-order valence-electron chi connectivity index (χ4n) is 3.27. The molecule has 3 heteroatoms. The predicted molar refractivity (Wildman–Crippen MR) is 89.7 cm³/mol. The summed E-state index contributed by atoms with van der Waals surface area (Å²) in [7, 11) is 0. The summed E-state index contributed by atoms with van der Waals surface area (Å²) in [4.78, 5) is 4.20. The maximum absolute atomic E-state index is 5.84. The number of nitrogens with one attached hydrogen (secondary N) is 1. The summed E-state index contributed by atoms with van der Waals surface area (Å²) < 4.78 is 0. The molecule has 1 aromatic heterocycles. The summed E-state index contributed by atoms with van der Waals surface area (Å²) in [6.07, 6.45) is 5.98. The van der Waals surface area contributed by atoms with E-state index in [-0.39, 0.29) is 6.04 Å². The SMILES string of the molecule is CC(CC(NN)c1cccc2cnccc12)CC(C)(C)C. The fourth-order valence-corrected chi connectivity index (χ4v) is 3.27. The molecular formula is C18H27N3. The molecule has 0 aliphatic heterocycles. The Kier molecular flexibility index (Phi) is 4.96. The normalized spacial score (nSPS) is 15.1. The first-order chi connectivity index (χ1) is 9.90. The van der Waals surface area contributed by atoms with Gasteiger partial charge in [-0.15, -0.1) is 0 Å². The maximum Gasteiger partial charge on any atom is 0.0468 e. The van der Waals surface area contributed by atoms with Gasteiger partial charge in [-0.25, -0.2) is 0 Å². The quantitative estimate of drug-likeness (QED) is 0.639. The van der Waals surface area contributed by atoms with Crippen LogP contribution in [-0.4, -0.2) is 4.98 Å². The molecule has 0 saturated carbocycles. The van der Waals surface area contributed by atoms with E-state index in [1.54, 1.807) is 0 Å². The van der Waals surface area contributed by atoms with Gasteiger partial charge in [0.25, 0.3) is 0 Å². The smallest absolute Gasteiger partial charge is 0.0468 e. The molecule has 0 bridgehead atoms. The molecular weight excluding hydrogens is 258 g/mol. The van der Waals surface area contributed by atoms with Gasteiger partial charge >= 0.3 is 0 Å². The summed E-state index contributed by atoms with van der Waals surface area (Å²) in [6, 6.07) is 8.59. The van der Waals surface area contributed by atoms with Gasteiger partial charge in [0.2, 0.25) is 0 Å². The maximum atomic E-state index is 5.84. The van der Waals surface area contributed by atoms with Crippen molar-refractivity contribution < 1.29 is 0 Å². The van der Waals surface area contributed by atoms with E-state index in [1.165, 1.54) is 22.8 Å². The van der Waals surface area contributed by atoms with Crippen LogP contribution in [0.15, 0.2) is 36.7 Å². The highest BCUT2D eigenvalue weighted by molar-refractivity contribution is 5.85. The van der Waals surface area contributed by atoms with Gasteiger partial charge in [0.15, 0.2) is 0 Å². The summed E-state index contributed by atoms with van der Waals surface area (Å²) in [5, 5.41) is 2.40. The van der Waals surface area contributed by atoms with Crippen LogP contribution in [0.3, 0.4) is 0 Å². The van der Waals surface area contributed by atoms with Crippen molar-refractivity contribution in [2.24, 2.45) is 17.2 Å². The van der Waals surface area contributed by atoms with E-state index >= 15 is 0 Å². The number of nitrogens with two attached hydrogens (primary N) is 1. The van der Waals surface area contributed by atoms with Crippen molar-refractivity contribution in [2.45, 2.75) is 46.6 Å². The van der Waals surface area contributed by atoms with Gasteiger partial charge in [-0.3, -0.25) is 16.3 Å². The molecule has 0 aliphatic carbocycles. The number of rotatable bonds is 5. The van der Waals surface area contributed by atoms with E-state index in [9.17, 15) is 0 Å². The molecule has 0 radical (unpaired) electrons. The van der Waals surface area contributed by atoms with Crippen LogP contribution in [0.5, 0.6) is 0 Å². The molecule has 2 aromatic rings. The number of aromatic nitrogens is 1. The van der Waals surface area contributed by atoms with Crippen molar-refractivity contribution in [1.82, 2.24) is 10.4 Å². The largest absolute Gasteiger partial charge is 0.271 e. The molecule has 3 nitrogen and oxygen atoms in total. The zero-order chi connectivity index (χ0) is 15.5. The third-order valence-electron chi connectivity index (χ3n) is 3.89. The number of hydrogen-bond acceptors (Lipinski definition) is 3. The number of benzene rings is 1. The number of fused-ring (bicyclic) bond motifs is 1. The predicted octanol–water partition coefficient (Wildman–Crippen LogP) is 4.20. The molecule has 0 spiro atoms. The molecule has 3 N–H and O–H groups in total. The Morgan fingerprint density at radius 1 is 1.24 bits per heavy atom. The first-order valence-corrected chi connectivity index (χ1v) is 7.69. The van der Waals surface area contributed by atoms with E-state index < -0.39 is 0 Å². The van der Waals surface area contributed by atoms with Crippen LogP contribution in [0.2, 0.25) is 0 Å². The lowest BCUT2D eigenvalue weighted by atomic mass is 9.81. The fraction of sp³-hybridized carbons (Fsp3) is 0.500. The third kappa shape index (κ3) is 4.26. The number of hydrazine groups is 1. The Bertz CT molecular complexity index is 581. The van der Waals surface area contributed by atoms with E-state index in [1.807, 2.05) is 12.4 Å². The number of pyridine rings is 1. The zero-order valence-corrected chi connectivity index (χ0v) is 13.6. The van der Waals surface area contributed by atoms with Gasteiger partial charge in [0.05, 0.1) is 0 Å². The monoisotopic (exact) mass is 285 g/mol. The highest BCUT2D eigenvalue weighted by Crippen LogP contribution is 2.32. The average Bonchev–Trinajstić information content (AvgIpc) is 2.42. The molecule has 2 unspecified atom stereocenters. The van der Waals surface area contributed by atoms with Crippen molar-refractivity contribution in [2.75, 3.05) is 0 Å². The van der Waals surface area contributed by atoms with Crippen molar-refractivity contribution in [3.05, 3.63) is 42.2 Å². The first kappa shape index (κ1) is 15.9. The van der Waals surface area contributed by atoms with Crippen LogP contribution < -0.4 is 11.3 Å². The molecule has 114 valence electrons. The molecule has 0 fully saturated rings. The van der Waals surface area contributed by atoms with E-state index in [0.29, 0.717) is 11.3 Å². The highest BCUT2D eigenvalue weighted by Gasteiger charge is 2.20. The van der Waals surface area contributed by atoms with Crippen molar-refractivity contribution in [3.63, 3.8) is 0 Å². The minimum Gasteiger partial charge on any atom is -0.271 e. The topological polar surface area (TPSA) is 50.9 Å². The molecule has 2 atom stereocenters. The van der Waals surface area contributed by atoms with Gasteiger partial charge < -0.3 is 0 Å². The van der Waals surface area contributed by atoms with Gasteiger partial charge in [-0.2, -0.15) is 0 Å². The Balaban J connectivity index is 2.24. The summed E-state index contributed by atoms with van der Waals surface area (Å²) >= 11 is 0. The Morgan fingerprint density at radius 2 is 2.00 bits per heavy atom. The molecule has 0 amide bonds. The second-order valence-electron chi connectivity index (χ2n) is 7.27. The number of nitrogens with zero attached hydrogens (tertiary/aromatic N) is 1. The van der Waals surface area contributed by atoms with E-state index in [4.69, 9.17) is 5.84 Å². The minimum atomic E-state index is 0.174. The van der Waals surface area contributed by atoms with Crippen LogP contribution in [0, 0.1) is 11.3 Å². The lowest BCUT2D eigenvalue weighted by Gasteiger charge is -2.27. The van der Waals surface area contributed by atoms with Crippen LogP contribution in [0.25, 0.3) is 10.8 Å². The molecule has 1 aromatic carbocycles. The second kappa shape index (κ2) is 6.54. The van der Waals surface area contributed by atoms with Crippen LogP contribution >= 0.6 is 0 Å².